The molecule has 2 unspecified atom stereocenters. The van der Waals surface area contributed by atoms with Gasteiger partial charge in [0, 0.05) is 30.6 Å². The van der Waals surface area contributed by atoms with Gasteiger partial charge in [-0.3, -0.25) is 4.79 Å². The van der Waals surface area contributed by atoms with Gasteiger partial charge in [0.05, 0.1) is 0 Å². The van der Waals surface area contributed by atoms with Crippen LogP contribution in [-0.2, 0) is 4.79 Å². The van der Waals surface area contributed by atoms with Gasteiger partial charge in [-0.2, -0.15) is 0 Å². The minimum Gasteiger partial charge on any atom is -0.367 e. The molecule has 3 aliphatic rings. The summed E-state index contributed by atoms with van der Waals surface area (Å²) in [7, 11) is 0. The van der Waals surface area contributed by atoms with Crippen molar-refractivity contribution < 1.29 is 4.79 Å². The van der Waals surface area contributed by atoms with E-state index in [1.165, 1.54) is 17.7 Å². The second-order valence-electron chi connectivity index (χ2n) is 5.09. The summed E-state index contributed by atoms with van der Waals surface area (Å²) < 4.78 is 0. The molecule has 2 bridgehead atoms. The summed E-state index contributed by atoms with van der Waals surface area (Å²) in [4.78, 5) is 14.1. The molecule has 0 spiro atoms. The number of hydrogen-bond acceptors (Lipinski definition) is 2. The molecule has 2 atom stereocenters. The second-order valence-corrected chi connectivity index (χ2v) is 5.09. The maximum Gasteiger partial charge on any atom is 0.139 e. The molecule has 4 rings (SSSR count). The highest BCUT2D eigenvalue weighted by Crippen LogP contribution is 2.35. The number of hydrogen-bond donors (Lipinski definition) is 0. The second kappa shape index (κ2) is 3.62. The molecule has 1 aromatic carbocycles. The van der Waals surface area contributed by atoms with E-state index in [4.69, 9.17) is 0 Å². The first-order valence-corrected chi connectivity index (χ1v) is 6.10. The number of carbonyl (C=O) groups is 1. The Labute approximate surface area is 96.3 Å². The number of fused-ring (bicyclic) bond motifs is 3. The van der Waals surface area contributed by atoms with E-state index in [1.807, 2.05) is 0 Å². The topological polar surface area (TPSA) is 20.3 Å². The van der Waals surface area contributed by atoms with Crippen LogP contribution in [0.1, 0.15) is 24.8 Å². The van der Waals surface area contributed by atoms with E-state index in [2.05, 4.69) is 36.1 Å². The van der Waals surface area contributed by atoms with Crippen molar-refractivity contribution in [2.75, 3.05) is 11.4 Å². The van der Waals surface area contributed by atoms with Crippen LogP contribution in [0.4, 0.5) is 5.69 Å². The average Bonchev–Trinajstić information content (AvgIpc) is 2.31. The first-order valence-electron chi connectivity index (χ1n) is 6.10. The molecule has 2 aliphatic heterocycles. The van der Waals surface area contributed by atoms with Crippen molar-refractivity contribution in [3.63, 3.8) is 0 Å². The Hall–Kier alpha value is -1.31. The molecule has 84 valence electrons. The number of piperidine rings is 2. The summed E-state index contributed by atoms with van der Waals surface area (Å²) in [5.74, 6) is 0.783. The maximum atomic E-state index is 11.7. The molecular formula is C14H17NO. The maximum absolute atomic E-state index is 11.7. The monoisotopic (exact) mass is 215 g/mol. The zero-order valence-corrected chi connectivity index (χ0v) is 9.65. The highest BCUT2D eigenvalue weighted by atomic mass is 16.1. The third-order valence-electron chi connectivity index (χ3n) is 3.96. The van der Waals surface area contributed by atoms with Crippen molar-refractivity contribution >= 4 is 11.5 Å². The summed E-state index contributed by atoms with van der Waals surface area (Å²) >= 11 is 0. The van der Waals surface area contributed by atoms with Crippen LogP contribution in [0.15, 0.2) is 24.3 Å². The smallest absolute Gasteiger partial charge is 0.139 e. The molecule has 1 saturated carbocycles. The van der Waals surface area contributed by atoms with Crippen LogP contribution in [0.5, 0.6) is 0 Å². The van der Waals surface area contributed by atoms with Crippen LogP contribution >= 0.6 is 0 Å². The average molecular weight is 215 g/mol. The quantitative estimate of drug-likeness (QED) is 0.717. The van der Waals surface area contributed by atoms with E-state index < -0.39 is 0 Å². The van der Waals surface area contributed by atoms with Crippen molar-refractivity contribution in [3.8, 4) is 0 Å². The predicted octanol–water partition coefficient (Wildman–Crippen LogP) is 2.55. The lowest BCUT2D eigenvalue weighted by Crippen LogP contribution is -2.52. The van der Waals surface area contributed by atoms with E-state index in [9.17, 15) is 4.79 Å². The molecule has 0 amide bonds. The molecule has 0 N–H and O–H groups in total. The van der Waals surface area contributed by atoms with Crippen molar-refractivity contribution in [2.45, 2.75) is 32.2 Å². The fourth-order valence-corrected chi connectivity index (χ4v) is 2.95. The summed E-state index contributed by atoms with van der Waals surface area (Å²) in [6, 6.07) is 9.13. The standard InChI is InChI=1S/C14H17NO/c1-10-2-5-12(6-3-10)15-9-11-4-7-13(15)8-14(11)16/h2-3,5-6,11,13H,4,7-9H2,1H3. The molecule has 1 aromatic rings. The summed E-state index contributed by atoms with van der Waals surface area (Å²) in [5.41, 5.74) is 2.58. The third-order valence-corrected chi connectivity index (χ3v) is 3.96. The number of carbonyl (C=O) groups excluding carboxylic acids is 1. The fourth-order valence-electron chi connectivity index (χ4n) is 2.95. The van der Waals surface area contributed by atoms with Crippen molar-refractivity contribution in [1.29, 1.82) is 0 Å². The number of Topliss-reactive ketones (excluding diaryl/α,β-unsaturated/α-hetero) is 1. The first-order chi connectivity index (χ1) is 7.74. The predicted molar refractivity (Wildman–Crippen MR) is 64.7 cm³/mol. The first kappa shape index (κ1) is 9.88. The minimum absolute atomic E-state index is 0.298. The SMILES string of the molecule is Cc1ccc(N2CC3CCC2CC3=O)cc1. The lowest BCUT2D eigenvalue weighted by molar-refractivity contribution is -0.126. The summed E-state index contributed by atoms with van der Waals surface area (Å²) in [5, 5.41) is 0. The number of anilines is 1. The Morgan fingerprint density at radius 3 is 2.50 bits per heavy atom. The molecule has 1 aliphatic carbocycles. The van der Waals surface area contributed by atoms with Gasteiger partial charge in [0.2, 0.25) is 0 Å². The van der Waals surface area contributed by atoms with Crippen LogP contribution < -0.4 is 4.90 Å². The Kier molecular flexibility index (Phi) is 2.23. The van der Waals surface area contributed by atoms with Gasteiger partial charge in [-0.1, -0.05) is 17.7 Å². The number of nitrogens with zero attached hydrogens (tertiary/aromatic N) is 1. The Morgan fingerprint density at radius 2 is 1.94 bits per heavy atom. The highest BCUT2D eigenvalue weighted by molar-refractivity contribution is 5.85. The Balaban J connectivity index is 1.86. The van der Waals surface area contributed by atoms with Gasteiger partial charge in [0.15, 0.2) is 0 Å². The highest BCUT2D eigenvalue weighted by Gasteiger charge is 2.39. The lowest BCUT2D eigenvalue weighted by atomic mass is 9.78. The number of aryl methyl sites for hydroxylation is 1. The molecule has 0 radical (unpaired) electrons. The van der Waals surface area contributed by atoms with E-state index >= 15 is 0 Å². The molecule has 16 heavy (non-hydrogen) atoms. The molecule has 2 saturated heterocycles. The molecule has 2 heteroatoms. The number of benzene rings is 1. The Bertz CT molecular complexity index is 409. The van der Waals surface area contributed by atoms with Gasteiger partial charge >= 0.3 is 0 Å². The van der Waals surface area contributed by atoms with Crippen LogP contribution in [0.25, 0.3) is 0 Å². The van der Waals surface area contributed by atoms with E-state index in [1.54, 1.807) is 0 Å². The summed E-state index contributed by atoms with van der Waals surface area (Å²) in [6.07, 6.45) is 3.05. The number of rotatable bonds is 1. The molecular weight excluding hydrogens is 198 g/mol. The van der Waals surface area contributed by atoms with Gasteiger partial charge in [-0.25, -0.2) is 0 Å². The Morgan fingerprint density at radius 1 is 1.19 bits per heavy atom. The third kappa shape index (κ3) is 1.53. The summed E-state index contributed by atoms with van der Waals surface area (Å²) in [6.45, 7) is 3.04. The van der Waals surface area contributed by atoms with Gasteiger partial charge < -0.3 is 4.90 Å². The van der Waals surface area contributed by atoms with Crippen LogP contribution in [0.3, 0.4) is 0 Å². The molecule has 2 nitrogen and oxygen atoms in total. The zero-order chi connectivity index (χ0) is 11.1. The van der Waals surface area contributed by atoms with Gasteiger partial charge in [0.1, 0.15) is 5.78 Å². The van der Waals surface area contributed by atoms with Crippen LogP contribution in [0.2, 0.25) is 0 Å². The van der Waals surface area contributed by atoms with Crippen molar-refractivity contribution in [1.82, 2.24) is 0 Å². The fraction of sp³-hybridized carbons (Fsp3) is 0.500. The zero-order valence-electron chi connectivity index (χ0n) is 9.65. The lowest BCUT2D eigenvalue weighted by Gasteiger charge is -2.45. The van der Waals surface area contributed by atoms with Gasteiger partial charge in [-0.05, 0) is 31.9 Å². The van der Waals surface area contributed by atoms with E-state index in [0.717, 1.165) is 19.4 Å². The number of ketones is 1. The molecule has 0 aromatic heterocycles. The van der Waals surface area contributed by atoms with Crippen molar-refractivity contribution in [3.05, 3.63) is 29.8 Å². The van der Waals surface area contributed by atoms with Crippen LogP contribution in [0, 0.1) is 12.8 Å². The van der Waals surface area contributed by atoms with Gasteiger partial charge in [0.25, 0.3) is 0 Å². The minimum atomic E-state index is 0.298. The van der Waals surface area contributed by atoms with Crippen molar-refractivity contribution in [2.24, 2.45) is 5.92 Å². The van der Waals surface area contributed by atoms with E-state index in [0.29, 0.717) is 17.7 Å². The van der Waals surface area contributed by atoms with E-state index in [-0.39, 0.29) is 0 Å². The van der Waals surface area contributed by atoms with Gasteiger partial charge in [-0.15, -0.1) is 0 Å². The van der Waals surface area contributed by atoms with Crippen LogP contribution in [-0.4, -0.2) is 18.4 Å². The molecule has 3 fully saturated rings. The largest absolute Gasteiger partial charge is 0.367 e. The molecule has 2 heterocycles. The normalized spacial score (nSPS) is 28.6.